The highest BCUT2D eigenvalue weighted by Crippen LogP contribution is 2.15. The molecule has 0 spiro atoms. The molecule has 2 aromatic rings. The van der Waals surface area contributed by atoms with Crippen LogP contribution in [0.25, 0.3) is 11.0 Å². The van der Waals surface area contributed by atoms with E-state index >= 15 is 0 Å². The second-order valence-corrected chi connectivity index (χ2v) is 3.25. The van der Waals surface area contributed by atoms with Crippen molar-refractivity contribution in [2.45, 2.75) is 0 Å². The minimum Gasteiger partial charge on any atom is -0.480 e. The Morgan fingerprint density at radius 3 is 2.71 bits per heavy atom. The smallest absolute Gasteiger partial charge is 0.377 e. The summed E-state index contributed by atoms with van der Waals surface area (Å²) in [6, 6.07) is 4.31. The summed E-state index contributed by atoms with van der Waals surface area (Å²) in [6.07, 6.45) is 1.40. The Balaban J connectivity index is 2.52. The van der Waals surface area contributed by atoms with Gasteiger partial charge in [-0.05, 0) is 18.2 Å². The fraction of sp³-hybridized carbons (Fsp3) is 0.0909. The molecule has 0 saturated heterocycles. The number of carboxylic acids is 1. The number of carbonyl (C=O) groups excluding carboxylic acids is 1. The molecule has 0 fully saturated rings. The van der Waals surface area contributed by atoms with Crippen molar-refractivity contribution in [3.63, 3.8) is 0 Å². The average Bonchev–Trinajstić information content (AvgIpc) is 2.36. The van der Waals surface area contributed by atoms with E-state index < -0.39 is 11.8 Å². The van der Waals surface area contributed by atoms with Crippen molar-refractivity contribution in [2.24, 2.45) is 0 Å². The van der Waals surface area contributed by atoms with E-state index in [1.807, 2.05) is 0 Å². The molecule has 0 aliphatic carbocycles. The molecule has 0 bridgehead atoms. The highest BCUT2D eigenvalue weighted by atomic mass is 16.5. The van der Waals surface area contributed by atoms with E-state index in [1.165, 1.54) is 31.5 Å². The minimum absolute atomic E-state index is 0.0736. The Morgan fingerprint density at radius 1 is 1.29 bits per heavy atom. The van der Waals surface area contributed by atoms with Crippen LogP contribution in [0.1, 0.15) is 10.4 Å². The van der Waals surface area contributed by atoms with E-state index in [1.54, 1.807) is 0 Å². The van der Waals surface area contributed by atoms with Gasteiger partial charge in [0.25, 0.3) is 5.78 Å². The average molecular weight is 232 g/mol. The van der Waals surface area contributed by atoms with Crippen LogP contribution in [0, 0.1) is 0 Å². The van der Waals surface area contributed by atoms with Crippen LogP contribution in [-0.4, -0.2) is 33.9 Å². The number of hydrogen-bond acceptors (Lipinski definition) is 5. The third-order valence-electron chi connectivity index (χ3n) is 2.19. The van der Waals surface area contributed by atoms with Crippen molar-refractivity contribution in [3.05, 3.63) is 30.0 Å². The molecular weight excluding hydrogens is 224 g/mol. The Bertz CT molecular complexity index is 609. The number of rotatable bonds is 3. The number of aromatic nitrogens is 2. The molecule has 1 heterocycles. The van der Waals surface area contributed by atoms with Crippen molar-refractivity contribution in [3.8, 4) is 5.88 Å². The van der Waals surface area contributed by atoms with E-state index in [4.69, 9.17) is 9.84 Å². The van der Waals surface area contributed by atoms with Gasteiger partial charge in [-0.15, -0.1) is 0 Å². The van der Waals surface area contributed by atoms with E-state index in [2.05, 4.69) is 9.97 Å². The first-order valence-corrected chi connectivity index (χ1v) is 4.70. The van der Waals surface area contributed by atoms with Crippen LogP contribution in [0.4, 0.5) is 0 Å². The van der Waals surface area contributed by atoms with Crippen LogP contribution in [0.15, 0.2) is 24.4 Å². The van der Waals surface area contributed by atoms with Gasteiger partial charge in [-0.1, -0.05) is 0 Å². The van der Waals surface area contributed by atoms with Crippen molar-refractivity contribution in [1.29, 1.82) is 0 Å². The van der Waals surface area contributed by atoms with E-state index in [9.17, 15) is 9.59 Å². The first kappa shape index (κ1) is 11.0. The standard InChI is InChI=1S/C11H8N2O4/c1-17-9-5-12-8-4-6(10(14)11(15)16)2-3-7(8)13-9/h2-5H,1H3,(H,15,16). The quantitative estimate of drug-likeness (QED) is 0.624. The Morgan fingerprint density at radius 2 is 2.06 bits per heavy atom. The van der Waals surface area contributed by atoms with Crippen molar-refractivity contribution < 1.29 is 19.4 Å². The van der Waals surface area contributed by atoms with Crippen LogP contribution in [0.2, 0.25) is 0 Å². The van der Waals surface area contributed by atoms with E-state index in [0.29, 0.717) is 16.9 Å². The number of nitrogens with zero attached hydrogens (tertiary/aromatic N) is 2. The van der Waals surface area contributed by atoms with Gasteiger partial charge in [0.2, 0.25) is 5.88 Å². The van der Waals surface area contributed by atoms with Gasteiger partial charge >= 0.3 is 5.97 Å². The summed E-state index contributed by atoms with van der Waals surface area (Å²) >= 11 is 0. The van der Waals surface area contributed by atoms with E-state index in [0.717, 1.165) is 0 Å². The molecule has 0 aliphatic rings. The molecule has 0 aliphatic heterocycles. The van der Waals surface area contributed by atoms with Gasteiger partial charge in [-0.25, -0.2) is 14.8 Å². The zero-order chi connectivity index (χ0) is 12.4. The van der Waals surface area contributed by atoms with Gasteiger partial charge in [0.05, 0.1) is 24.3 Å². The Hall–Kier alpha value is -2.50. The van der Waals surface area contributed by atoms with Crippen LogP contribution in [-0.2, 0) is 4.79 Å². The molecule has 2 rings (SSSR count). The molecule has 0 saturated carbocycles. The van der Waals surface area contributed by atoms with Crippen LogP contribution < -0.4 is 4.74 Å². The predicted octanol–water partition coefficient (Wildman–Crippen LogP) is 0.906. The van der Waals surface area contributed by atoms with Gasteiger partial charge in [0, 0.05) is 5.56 Å². The van der Waals surface area contributed by atoms with Crippen molar-refractivity contribution in [2.75, 3.05) is 7.11 Å². The first-order valence-electron chi connectivity index (χ1n) is 4.70. The number of fused-ring (bicyclic) bond motifs is 1. The molecule has 0 radical (unpaired) electrons. The van der Waals surface area contributed by atoms with Crippen LogP contribution in [0.3, 0.4) is 0 Å². The van der Waals surface area contributed by atoms with Crippen molar-refractivity contribution in [1.82, 2.24) is 9.97 Å². The number of carboxylic acid groups (broad SMARTS) is 1. The maximum Gasteiger partial charge on any atom is 0.377 e. The molecule has 1 aromatic heterocycles. The van der Waals surface area contributed by atoms with Gasteiger partial charge in [0.15, 0.2) is 0 Å². The molecule has 17 heavy (non-hydrogen) atoms. The number of benzene rings is 1. The van der Waals surface area contributed by atoms with Crippen LogP contribution in [0.5, 0.6) is 5.88 Å². The number of hydrogen-bond donors (Lipinski definition) is 1. The molecule has 1 aromatic carbocycles. The number of ketones is 1. The Labute approximate surface area is 95.9 Å². The molecule has 6 heteroatoms. The van der Waals surface area contributed by atoms with Gasteiger partial charge in [0.1, 0.15) is 0 Å². The maximum absolute atomic E-state index is 11.2. The highest BCUT2D eigenvalue weighted by Gasteiger charge is 2.15. The molecule has 1 N–H and O–H groups in total. The van der Waals surface area contributed by atoms with Crippen molar-refractivity contribution >= 4 is 22.8 Å². The number of methoxy groups -OCH3 is 1. The largest absolute Gasteiger partial charge is 0.480 e. The summed E-state index contributed by atoms with van der Waals surface area (Å²) in [5.74, 6) is -2.11. The topological polar surface area (TPSA) is 89.4 Å². The summed E-state index contributed by atoms with van der Waals surface area (Å²) in [4.78, 5) is 29.9. The molecule has 6 nitrogen and oxygen atoms in total. The second-order valence-electron chi connectivity index (χ2n) is 3.25. The highest BCUT2D eigenvalue weighted by molar-refractivity contribution is 6.40. The fourth-order valence-electron chi connectivity index (χ4n) is 1.36. The normalized spacial score (nSPS) is 10.2. The summed E-state index contributed by atoms with van der Waals surface area (Å²) in [5, 5.41) is 8.58. The first-order chi connectivity index (χ1) is 8.11. The molecule has 0 atom stereocenters. The van der Waals surface area contributed by atoms with Crippen LogP contribution >= 0.6 is 0 Å². The lowest BCUT2D eigenvalue weighted by Crippen LogP contribution is -2.12. The Kier molecular flexibility index (Phi) is 2.70. The molecular formula is C11H8N2O4. The molecule has 0 amide bonds. The third-order valence-corrected chi connectivity index (χ3v) is 2.19. The lowest BCUT2D eigenvalue weighted by Gasteiger charge is -2.01. The number of ether oxygens (including phenoxy) is 1. The number of aliphatic carboxylic acids is 1. The zero-order valence-electron chi connectivity index (χ0n) is 8.88. The molecule has 0 unspecified atom stereocenters. The third kappa shape index (κ3) is 2.05. The summed E-state index contributed by atoms with van der Waals surface area (Å²) in [6.45, 7) is 0. The lowest BCUT2D eigenvalue weighted by molar-refractivity contribution is -0.131. The fourth-order valence-corrected chi connectivity index (χ4v) is 1.36. The molecule has 86 valence electrons. The summed E-state index contributed by atoms with van der Waals surface area (Å²) < 4.78 is 4.90. The second kappa shape index (κ2) is 4.17. The maximum atomic E-state index is 11.2. The zero-order valence-corrected chi connectivity index (χ0v) is 8.88. The SMILES string of the molecule is COc1cnc2cc(C(=O)C(=O)O)ccc2n1. The summed E-state index contributed by atoms with van der Waals surface area (Å²) in [7, 11) is 1.47. The predicted molar refractivity (Wildman–Crippen MR) is 58.1 cm³/mol. The van der Waals surface area contributed by atoms with E-state index in [-0.39, 0.29) is 5.56 Å². The monoisotopic (exact) mass is 232 g/mol. The minimum atomic E-state index is -1.49. The lowest BCUT2D eigenvalue weighted by atomic mass is 10.1. The van der Waals surface area contributed by atoms with Gasteiger partial charge in [-0.2, -0.15) is 0 Å². The van der Waals surface area contributed by atoms with Gasteiger partial charge in [-0.3, -0.25) is 4.79 Å². The number of carbonyl (C=O) groups is 2. The summed E-state index contributed by atoms with van der Waals surface area (Å²) in [5.41, 5.74) is 1.05. The number of Topliss-reactive ketones (excluding diaryl/α,β-unsaturated/α-hetero) is 1. The van der Waals surface area contributed by atoms with Gasteiger partial charge < -0.3 is 9.84 Å².